The highest BCUT2D eigenvalue weighted by Gasteiger charge is 2.27. The molecule has 0 aliphatic heterocycles. The van der Waals surface area contributed by atoms with Gasteiger partial charge in [0.2, 0.25) is 0 Å². The van der Waals surface area contributed by atoms with Crippen molar-refractivity contribution in [1.82, 2.24) is 10.2 Å². The molecule has 0 saturated heterocycles. The second kappa shape index (κ2) is 12.3. The summed E-state index contributed by atoms with van der Waals surface area (Å²) in [6, 6.07) is 27.4. The Labute approximate surface area is 219 Å². The van der Waals surface area contributed by atoms with Gasteiger partial charge in [-0.15, -0.1) is 0 Å². The molecule has 4 aromatic rings. The van der Waals surface area contributed by atoms with Crippen LogP contribution < -0.4 is 16.0 Å². The largest absolute Gasteiger partial charge is 0.338 e. The second-order valence-corrected chi connectivity index (χ2v) is 9.45. The molecule has 6 heteroatoms. The Bertz CT molecular complexity index is 1360. The van der Waals surface area contributed by atoms with E-state index in [-0.39, 0.29) is 24.0 Å². The standard InChI is InChI=1S/C31H36N4O2/c1-4-12-29(35(3)31(37)34-28-20-11-16-24-14-7-9-18-26(24)28)22(5-2)21-32-30(36)33-27-19-10-15-23-13-6-8-17-25(23)27/h6-11,13-20,22,29H,4-5,12,21H2,1-3H3,(H,34,37)(H2,32,33,36)/t22-,29-/m0/s1. The van der Waals surface area contributed by atoms with Crippen LogP contribution in [0.15, 0.2) is 84.9 Å². The molecular formula is C31H36N4O2. The lowest BCUT2D eigenvalue weighted by atomic mass is 9.92. The zero-order valence-corrected chi connectivity index (χ0v) is 21.8. The normalized spacial score (nSPS) is 12.6. The Hall–Kier alpha value is -4.06. The number of carbonyl (C=O) groups excluding carboxylic acids is 2. The number of hydrogen-bond donors (Lipinski definition) is 3. The van der Waals surface area contributed by atoms with E-state index < -0.39 is 0 Å². The topological polar surface area (TPSA) is 73.5 Å². The van der Waals surface area contributed by atoms with Gasteiger partial charge in [0.05, 0.1) is 11.4 Å². The lowest BCUT2D eigenvalue weighted by Gasteiger charge is -2.34. The minimum atomic E-state index is -0.243. The van der Waals surface area contributed by atoms with Gasteiger partial charge >= 0.3 is 12.1 Å². The summed E-state index contributed by atoms with van der Waals surface area (Å²) < 4.78 is 0. The van der Waals surface area contributed by atoms with Crippen LogP contribution in [-0.4, -0.2) is 36.6 Å². The molecule has 3 N–H and O–H groups in total. The van der Waals surface area contributed by atoms with Crippen LogP contribution in [0.2, 0.25) is 0 Å². The molecule has 0 aliphatic carbocycles. The van der Waals surface area contributed by atoms with Gasteiger partial charge in [0.15, 0.2) is 0 Å². The molecule has 0 bridgehead atoms. The zero-order valence-electron chi connectivity index (χ0n) is 21.8. The summed E-state index contributed by atoms with van der Waals surface area (Å²) >= 11 is 0. The van der Waals surface area contributed by atoms with Crippen molar-refractivity contribution in [3.63, 3.8) is 0 Å². The summed E-state index contributed by atoms with van der Waals surface area (Å²) in [5.74, 6) is 0.112. The lowest BCUT2D eigenvalue weighted by molar-refractivity contribution is 0.167. The summed E-state index contributed by atoms with van der Waals surface area (Å²) in [5, 5.41) is 13.3. The number of amides is 4. The molecule has 0 heterocycles. The van der Waals surface area contributed by atoms with Crippen molar-refractivity contribution >= 4 is 45.0 Å². The number of anilines is 2. The van der Waals surface area contributed by atoms with Gasteiger partial charge in [0, 0.05) is 30.4 Å². The van der Waals surface area contributed by atoms with Gasteiger partial charge in [-0.2, -0.15) is 0 Å². The first-order valence-corrected chi connectivity index (χ1v) is 13.1. The van der Waals surface area contributed by atoms with Gasteiger partial charge in [0.25, 0.3) is 0 Å². The predicted octanol–water partition coefficient (Wildman–Crippen LogP) is 7.47. The molecule has 2 atom stereocenters. The van der Waals surface area contributed by atoms with Crippen LogP contribution in [0.4, 0.5) is 21.0 Å². The number of benzene rings is 4. The molecule has 0 unspecified atom stereocenters. The van der Waals surface area contributed by atoms with Crippen LogP contribution in [0.1, 0.15) is 33.1 Å². The Balaban J connectivity index is 1.42. The fourth-order valence-corrected chi connectivity index (χ4v) is 5.01. The fraction of sp³-hybridized carbons (Fsp3) is 0.290. The monoisotopic (exact) mass is 496 g/mol. The van der Waals surface area contributed by atoms with E-state index in [0.717, 1.165) is 52.2 Å². The van der Waals surface area contributed by atoms with Crippen molar-refractivity contribution < 1.29 is 9.59 Å². The number of nitrogens with one attached hydrogen (secondary N) is 3. The third kappa shape index (κ3) is 6.20. The number of nitrogens with zero attached hydrogens (tertiary/aromatic N) is 1. The minimum absolute atomic E-state index is 0.0113. The Morgan fingerprint density at radius 2 is 1.30 bits per heavy atom. The maximum atomic E-state index is 13.3. The molecular weight excluding hydrogens is 460 g/mol. The van der Waals surface area contributed by atoms with E-state index in [9.17, 15) is 9.59 Å². The molecule has 0 aromatic heterocycles. The average Bonchev–Trinajstić information content (AvgIpc) is 2.92. The van der Waals surface area contributed by atoms with E-state index in [2.05, 4.69) is 29.8 Å². The Morgan fingerprint density at radius 1 is 0.757 bits per heavy atom. The van der Waals surface area contributed by atoms with E-state index >= 15 is 0 Å². The number of rotatable bonds is 9. The smallest absolute Gasteiger partial charge is 0.321 e. The molecule has 0 fully saturated rings. The minimum Gasteiger partial charge on any atom is -0.338 e. The highest BCUT2D eigenvalue weighted by molar-refractivity contribution is 6.02. The lowest BCUT2D eigenvalue weighted by Crippen LogP contribution is -2.47. The van der Waals surface area contributed by atoms with Gasteiger partial charge in [-0.3, -0.25) is 0 Å². The maximum Gasteiger partial charge on any atom is 0.321 e. The van der Waals surface area contributed by atoms with Gasteiger partial charge in [0.1, 0.15) is 0 Å². The zero-order chi connectivity index (χ0) is 26.2. The number of carbonyl (C=O) groups is 2. The molecule has 6 nitrogen and oxygen atoms in total. The fourth-order valence-electron chi connectivity index (χ4n) is 5.01. The van der Waals surface area contributed by atoms with Crippen molar-refractivity contribution in [3.8, 4) is 0 Å². The van der Waals surface area contributed by atoms with Crippen molar-refractivity contribution in [1.29, 1.82) is 0 Å². The van der Waals surface area contributed by atoms with Crippen LogP contribution in [0, 0.1) is 5.92 Å². The van der Waals surface area contributed by atoms with E-state index in [1.807, 2.05) is 92.0 Å². The van der Waals surface area contributed by atoms with Crippen LogP contribution in [0.25, 0.3) is 21.5 Å². The summed E-state index contributed by atoms with van der Waals surface area (Å²) in [6.45, 7) is 4.70. The summed E-state index contributed by atoms with van der Waals surface area (Å²) in [4.78, 5) is 27.9. The van der Waals surface area contributed by atoms with Crippen LogP contribution in [0.3, 0.4) is 0 Å². The Morgan fingerprint density at radius 3 is 1.86 bits per heavy atom. The predicted molar refractivity (Wildman–Crippen MR) is 154 cm³/mol. The van der Waals surface area contributed by atoms with Crippen LogP contribution in [-0.2, 0) is 0 Å². The van der Waals surface area contributed by atoms with E-state index in [1.54, 1.807) is 4.90 Å². The molecule has 0 aliphatic rings. The van der Waals surface area contributed by atoms with Crippen molar-refractivity contribution in [2.24, 2.45) is 5.92 Å². The highest BCUT2D eigenvalue weighted by atomic mass is 16.2. The first kappa shape index (κ1) is 26.0. The molecule has 4 amide bonds. The first-order valence-electron chi connectivity index (χ1n) is 13.1. The summed E-state index contributed by atoms with van der Waals surface area (Å²) in [6.07, 6.45) is 2.63. The van der Waals surface area contributed by atoms with E-state index in [4.69, 9.17) is 0 Å². The molecule has 37 heavy (non-hydrogen) atoms. The van der Waals surface area contributed by atoms with Gasteiger partial charge in [-0.05, 0) is 41.7 Å². The third-order valence-corrected chi connectivity index (χ3v) is 7.06. The van der Waals surface area contributed by atoms with Crippen LogP contribution in [0.5, 0.6) is 0 Å². The highest BCUT2D eigenvalue weighted by Crippen LogP contribution is 2.26. The summed E-state index contributed by atoms with van der Waals surface area (Å²) in [7, 11) is 1.85. The van der Waals surface area contributed by atoms with Crippen LogP contribution >= 0.6 is 0 Å². The van der Waals surface area contributed by atoms with Crippen molar-refractivity contribution in [2.45, 2.75) is 39.2 Å². The molecule has 0 radical (unpaired) electrons. The van der Waals surface area contributed by atoms with Crippen molar-refractivity contribution in [3.05, 3.63) is 84.9 Å². The second-order valence-electron chi connectivity index (χ2n) is 9.45. The molecule has 0 spiro atoms. The quantitative estimate of drug-likeness (QED) is 0.225. The molecule has 0 saturated carbocycles. The molecule has 4 rings (SSSR count). The third-order valence-electron chi connectivity index (χ3n) is 7.06. The van der Waals surface area contributed by atoms with Gasteiger partial charge < -0.3 is 20.9 Å². The molecule has 4 aromatic carbocycles. The SMILES string of the molecule is CCC[C@@H]([C@@H](CC)CNC(=O)Nc1cccc2ccccc12)N(C)C(=O)Nc1cccc2ccccc12. The summed E-state index contributed by atoms with van der Waals surface area (Å²) in [5.41, 5.74) is 1.58. The first-order chi connectivity index (χ1) is 18.0. The maximum absolute atomic E-state index is 13.3. The van der Waals surface area contributed by atoms with Gasteiger partial charge in [-0.1, -0.05) is 93.1 Å². The Kier molecular flexibility index (Phi) is 8.62. The van der Waals surface area contributed by atoms with Crippen molar-refractivity contribution in [2.75, 3.05) is 24.2 Å². The molecule has 192 valence electrons. The van der Waals surface area contributed by atoms with Gasteiger partial charge in [-0.25, -0.2) is 9.59 Å². The number of urea groups is 2. The van der Waals surface area contributed by atoms with E-state index in [0.29, 0.717) is 6.54 Å². The van der Waals surface area contributed by atoms with E-state index in [1.165, 1.54) is 0 Å². The average molecular weight is 497 g/mol. The number of fused-ring (bicyclic) bond motifs is 2. The number of hydrogen-bond acceptors (Lipinski definition) is 2.